The Morgan fingerprint density at radius 2 is 1.58 bits per heavy atom. The summed E-state index contributed by atoms with van der Waals surface area (Å²) < 4.78 is 25.8. The Bertz CT molecular complexity index is 1580. The van der Waals surface area contributed by atoms with Crippen LogP contribution in [0, 0.1) is 13.8 Å². The van der Waals surface area contributed by atoms with Crippen LogP contribution in [0.5, 0.6) is 11.6 Å². The van der Waals surface area contributed by atoms with Crippen molar-refractivity contribution in [2.24, 2.45) is 0 Å². The smallest absolute Gasteiger partial charge is 0.224 e. The van der Waals surface area contributed by atoms with E-state index >= 15 is 4.39 Å². The number of hydrogen-bond acceptors (Lipinski definition) is 5. The molecule has 0 radical (unpaired) electrons. The highest BCUT2D eigenvalue weighted by molar-refractivity contribution is 6.36. The van der Waals surface area contributed by atoms with Crippen LogP contribution in [0.25, 0.3) is 34.3 Å². The van der Waals surface area contributed by atoms with E-state index in [4.69, 9.17) is 21.1 Å². The van der Waals surface area contributed by atoms with E-state index in [9.17, 15) is 9.59 Å². The van der Waals surface area contributed by atoms with Gasteiger partial charge in [0.1, 0.15) is 11.6 Å². The molecular weight excluding hydrogens is 505 g/mol. The molecule has 0 amide bonds. The molecule has 1 heterocycles. The fourth-order valence-electron chi connectivity index (χ4n) is 4.31. The molecule has 3 aromatic carbocycles. The van der Waals surface area contributed by atoms with E-state index in [2.05, 4.69) is 4.98 Å². The van der Waals surface area contributed by atoms with Crippen LogP contribution in [0.3, 0.4) is 0 Å². The third-order valence-corrected chi connectivity index (χ3v) is 6.81. The SMILES string of the molecule is COc1cc(/C(F)=C/c2cccc(-c3cccc(-c4cc(C)c(C=O)c(OC)n4)c3Cl)c2C)ccc1C=O. The topological polar surface area (TPSA) is 65.5 Å². The third-order valence-electron chi connectivity index (χ3n) is 6.40. The zero-order valence-corrected chi connectivity index (χ0v) is 22.1. The van der Waals surface area contributed by atoms with Crippen molar-refractivity contribution in [3.8, 4) is 34.0 Å². The first-order valence-electron chi connectivity index (χ1n) is 11.7. The summed E-state index contributed by atoms with van der Waals surface area (Å²) in [6, 6.07) is 17.5. The monoisotopic (exact) mass is 529 g/mol. The van der Waals surface area contributed by atoms with Crippen LogP contribution >= 0.6 is 11.6 Å². The van der Waals surface area contributed by atoms with Crippen LogP contribution in [0.15, 0.2) is 60.7 Å². The van der Waals surface area contributed by atoms with Gasteiger partial charge in [0, 0.05) is 16.7 Å². The first-order valence-corrected chi connectivity index (χ1v) is 12.1. The van der Waals surface area contributed by atoms with Gasteiger partial charge in [-0.15, -0.1) is 0 Å². The summed E-state index contributed by atoms with van der Waals surface area (Å²) in [7, 11) is 2.90. The van der Waals surface area contributed by atoms with Gasteiger partial charge in [0.2, 0.25) is 5.88 Å². The second-order valence-electron chi connectivity index (χ2n) is 8.62. The molecule has 4 aromatic rings. The molecular formula is C31H25ClFNO4. The van der Waals surface area contributed by atoms with Gasteiger partial charge >= 0.3 is 0 Å². The van der Waals surface area contributed by atoms with Crippen LogP contribution in [-0.4, -0.2) is 31.8 Å². The van der Waals surface area contributed by atoms with E-state index in [1.54, 1.807) is 6.07 Å². The maximum atomic E-state index is 15.3. The lowest BCUT2D eigenvalue weighted by atomic mass is 9.93. The lowest BCUT2D eigenvalue weighted by Crippen LogP contribution is -1.99. The van der Waals surface area contributed by atoms with Crippen LogP contribution in [0.1, 0.15) is 43.0 Å². The van der Waals surface area contributed by atoms with Crippen LogP contribution in [0.4, 0.5) is 4.39 Å². The Morgan fingerprint density at radius 1 is 0.868 bits per heavy atom. The van der Waals surface area contributed by atoms with Gasteiger partial charge in [-0.2, -0.15) is 0 Å². The van der Waals surface area contributed by atoms with Crippen molar-refractivity contribution in [3.63, 3.8) is 0 Å². The molecule has 7 heteroatoms. The molecule has 0 fully saturated rings. The molecule has 0 bridgehead atoms. The summed E-state index contributed by atoms with van der Waals surface area (Å²) in [6.45, 7) is 3.71. The lowest BCUT2D eigenvalue weighted by Gasteiger charge is -2.15. The second-order valence-corrected chi connectivity index (χ2v) is 9.00. The highest BCUT2D eigenvalue weighted by atomic mass is 35.5. The molecule has 38 heavy (non-hydrogen) atoms. The number of methoxy groups -OCH3 is 2. The number of hydrogen-bond donors (Lipinski definition) is 0. The minimum absolute atomic E-state index is 0.230. The number of nitrogens with zero attached hydrogens (tertiary/aromatic N) is 1. The summed E-state index contributed by atoms with van der Waals surface area (Å²) in [5, 5.41) is 0.471. The lowest BCUT2D eigenvalue weighted by molar-refractivity contribution is 0.111. The maximum absolute atomic E-state index is 15.3. The van der Waals surface area contributed by atoms with Crippen molar-refractivity contribution in [1.82, 2.24) is 4.98 Å². The highest BCUT2D eigenvalue weighted by Crippen LogP contribution is 2.39. The van der Waals surface area contributed by atoms with Gasteiger partial charge in [0.15, 0.2) is 12.6 Å². The number of rotatable bonds is 8. The van der Waals surface area contributed by atoms with Crippen LogP contribution in [-0.2, 0) is 0 Å². The van der Waals surface area contributed by atoms with Gasteiger partial charge in [-0.25, -0.2) is 9.37 Å². The zero-order chi connectivity index (χ0) is 27.4. The Morgan fingerprint density at radius 3 is 2.26 bits per heavy atom. The average Bonchev–Trinajstić information content (AvgIpc) is 2.93. The van der Waals surface area contributed by atoms with E-state index in [1.165, 1.54) is 38.5 Å². The first-order chi connectivity index (χ1) is 18.3. The fraction of sp³-hybridized carbons (Fsp3) is 0.129. The van der Waals surface area contributed by atoms with Crippen molar-refractivity contribution in [3.05, 3.63) is 99.1 Å². The van der Waals surface area contributed by atoms with Crippen molar-refractivity contribution in [1.29, 1.82) is 0 Å². The number of pyridine rings is 1. The number of carbonyl (C=O) groups excluding carboxylic acids is 2. The molecule has 1 aromatic heterocycles. The van der Waals surface area contributed by atoms with E-state index < -0.39 is 5.83 Å². The molecule has 0 aliphatic heterocycles. The predicted molar refractivity (Wildman–Crippen MR) is 149 cm³/mol. The van der Waals surface area contributed by atoms with Crippen LogP contribution < -0.4 is 9.47 Å². The summed E-state index contributed by atoms with van der Waals surface area (Å²) >= 11 is 6.91. The highest BCUT2D eigenvalue weighted by Gasteiger charge is 2.17. The molecule has 0 saturated carbocycles. The second kappa shape index (κ2) is 11.4. The van der Waals surface area contributed by atoms with E-state index in [-0.39, 0.29) is 5.88 Å². The van der Waals surface area contributed by atoms with Crippen molar-refractivity contribution < 1.29 is 23.5 Å². The van der Waals surface area contributed by atoms with Gasteiger partial charge in [-0.1, -0.05) is 54.1 Å². The number of aryl methyl sites for hydroxylation is 1. The summed E-state index contributed by atoms with van der Waals surface area (Å²) in [5.74, 6) is 0.0627. The van der Waals surface area contributed by atoms with E-state index in [0.29, 0.717) is 50.6 Å². The molecule has 0 aliphatic carbocycles. The van der Waals surface area contributed by atoms with Gasteiger partial charge in [-0.05, 0) is 60.4 Å². The van der Waals surface area contributed by atoms with Crippen molar-refractivity contribution >= 4 is 36.1 Å². The number of carbonyl (C=O) groups is 2. The van der Waals surface area contributed by atoms with Crippen molar-refractivity contribution in [2.45, 2.75) is 13.8 Å². The number of benzene rings is 3. The minimum Gasteiger partial charge on any atom is -0.496 e. The van der Waals surface area contributed by atoms with Gasteiger partial charge in [0.25, 0.3) is 0 Å². The Hall–Kier alpha value is -4.29. The molecule has 192 valence electrons. The molecule has 0 spiro atoms. The maximum Gasteiger partial charge on any atom is 0.224 e. The summed E-state index contributed by atoms with van der Waals surface area (Å²) in [5.41, 5.74) is 6.10. The van der Waals surface area contributed by atoms with Gasteiger partial charge < -0.3 is 9.47 Å². The molecule has 4 rings (SSSR count). The standard InChI is InChI=1S/C31H25ClFNO4/c1-18-13-28(34-31(38-4)26(18)17-36)25-10-6-9-24(30(25)32)23-8-5-7-20(19(23)2)14-27(33)21-11-12-22(16-35)29(15-21)37-3/h5-17H,1-4H3/b27-14-. The van der Waals surface area contributed by atoms with E-state index in [1.807, 2.05) is 50.2 Å². The molecule has 0 saturated heterocycles. The zero-order valence-electron chi connectivity index (χ0n) is 21.3. The van der Waals surface area contributed by atoms with E-state index in [0.717, 1.165) is 28.5 Å². The Balaban J connectivity index is 1.78. The number of aldehydes is 2. The minimum atomic E-state index is -0.470. The van der Waals surface area contributed by atoms with Crippen molar-refractivity contribution in [2.75, 3.05) is 14.2 Å². The predicted octanol–water partition coefficient (Wildman–Crippen LogP) is 7.80. The molecule has 0 atom stereocenters. The Kier molecular flexibility index (Phi) is 8.03. The summed E-state index contributed by atoms with van der Waals surface area (Å²) in [4.78, 5) is 27.1. The quantitative estimate of drug-likeness (QED) is 0.172. The first kappa shape index (κ1) is 26.8. The molecule has 0 N–H and O–H groups in total. The molecule has 5 nitrogen and oxygen atoms in total. The van der Waals surface area contributed by atoms with Gasteiger partial charge in [0.05, 0.1) is 36.1 Å². The third kappa shape index (κ3) is 5.08. The number of aromatic nitrogens is 1. The normalized spacial score (nSPS) is 11.3. The number of ether oxygens (including phenoxy) is 2. The van der Waals surface area contributed by atoms with Gasteiger partial charge in [-0.3, -0.25) is 9.59 Å². The molecule has 0 aliphatic rings. The fourth-order valence-corrected chi connectivity index (χ4v) is 4.63. The largest absolute Gasteiger partial charge is 0.496 e. The Labute approximate surface area is 225 Å². The average molecular weight is 530 g/mol. The number of halogens is 2. The molecule has 0 unspecified atom stereocenters. The van der Waals surface area contributed by atoms with Crippen LogP contribution in [0.2, 0.25) is 5.02 Å². The summed E-state index contributed by atoms with van der Waals surface area (Å²) in [6.07, 6.45) is 2.83.